The molecule has 0 saturated heterocycles. The standard InChI is InChI=1S/C14H22FNO/c1-5-8-14(2,3)16-10-11-6-7-12(17-4)9-13(11)15/h6-7,9,16H,5,8,10H2,1-4H3. The Bertz CT molecular complexity index is 363. The maximum absolute atomic E-state index is 13.7. The summed E-state index contributed by atoms with van der Waals surface area (Å²) in [5.41, 5.74) is 0.719. The van der Waals surface area contributed by atoms with Crippen molar-refractivity contribution in [3.05, 3.63) is 29.6 Å². The first-order valence-electron chi connectivity index (χ1n) is 6.06. The normalized spacial score (nSPS) is 11.6. The summed E-state index contributed by atoms with van der Waals surface area (Å²) in [5.74, 6) is 0.336. The smallest absolute Gasteiger partial charge is 0.131 e. The number of ether oxygens (including phenoxy) is 1. The van der Waals surface area contributed by atoms with Crippen LogP contribution in [0.1, 0.15) is 39.2 Å². The fraction of sp³-hybridized carbons (Fsp3) is 0.571. The molecule has 0 aliphatic heterocycles. The zero-order valence-electron chi connectivity index (χ0n) is 11.1. The number of benzene rings is 1. The Hall–Kier alpha value is -1.09. The highest BCUT2D eigenvalue weighted by molar-refractivity contribution is 5.28. The van der Waals surface area contributed by atoms with Crippen LogP contribution in [0.25, 0.3) is 0 Å². The van der Waals surface area contributed by atoms with Crippen molar-refractivity contribution in [2.24, 2.45) is 0 Å². The highest BCUT2D eigenvalue weighted by Gasteiger charge is 2.16. The van der Waals surface area contributed by atoms with Crippen LogP contribution < -0.4 is 10.1 Å². The van der Waals surface area contributed by atoms with E-state index in [0.29, 0.717) is 17.9 Å². The molecule has 17 heavy (non-hydrogen) atoms. The fourth-order valence-electron chi connectivity index (χ4n) is 1.85. The molecule has 1 aromatic carbocycles. The third-order valence-electron chi connectivity index (χ3n) is 2.89. The van der Waals surface area contributed by atoms with Crippen LogP contribution in [0.2, 0.25) is 0 Å². The molecule has 0 aromatic heterocycles. The van der Waals surface area contributed by atoms with Crippen LogP contribution in [0.15, 0.2) is 18.2 Å². The molecule has 0 bridgehead atoms. The van der Waals surface area contributed by atoms with E-state index in [9.17, 15) is 4.39 Å². The van der Waals surface area contributed by atoms with E-state index < -0.39 is 0 Å². The van der Waals surface area contributed by atoms with Gasteiger partial charge in [0, 0.05) is 23.7 Å². The van der Waals surface area contributed by atoms with Crippen LogP contribution in [-0.4, -0.2) is 12.6 Å². The molecule has 0 aliphatic rings. The molecule has 1 N–H and O–H groups in total. The molecule has 0 spiro atoms. The number of rotatable bonds is 6. The van der Waals surface area contributed by atoms with E-state index >= 15 is 0 Å². The SMILES string of the molecule is CCCC(C)(C)NCc1ccc(OC)cc1F. The van der Waals surface area contributed by atoms with Gasteiger partial charge in [-0.3, -0.25) is 0 Å². The van der Waals surface area contributed by atoms with Gasteiger partial charge in [0.05, 0.1) is 7.11 Å². The Labute approximate surface area is 103 Å². The molecule has 1 rings (SSSR count). The van der Waals surface area contributed by atoms with E-state index in [2.05, 4.69) is 26.1 Å². The van der Waals surface area contributed by atoms with Crippen LogP contribution in [-0.2, 0) is 6.54 Å². The van der Waals surface area contributed by atoms with Crippen LogP contribution in [0.3, 0.4) is 0 Å². The van der Waals surface area contributed by atoms with Gasteiger partial charge in [0.15, 0.2) is 0 Å². The molecule has 0 atom stereocenters. The summed E-state index contributed by atoms with van der Waals surface area (Å²) in [6.45, 7) is 6.97. The summed E-state index contributed by atoms with van der Waals surface area (Å²) in [5, 5.41) is 3.37. The summed E-state index contributed by atoms with van der Waals surface area (Å²) in [7, 11) is 1.54. The van der Waals surface area contributed by atoms with Crippen molar-refractivity contribution >= 4 is 0 Å². The minimum atomic E-state index is -0.218. The minimum absolute atomic E-state index is 0.0428. The van der Waals surface area contributed by atoms with E-state index in [-0.39, 0.29) is 11.4 Å². The Morgan fingerprint density at radius 1 is 1.35 bits per heavy atom. The van der Waals surface area contributed by atoms with Crippen LogP contribution >= 0.6 is 0 Å². The minimum Gasteiger partial charge on any atom is -0.497 e. The Morgan fingerprint density at radius 3 is 2.59 bits per heavy atom. The zero-order chi connectivity index (χ0) is 12.9. The summed E-state index contributed by atoms with van der Waals surface area (Å²) >= 11 is 0. The van der Waals surface area contributed by atoms with Crippen molar-refractivity contribution in [1.29, 1.82) is 0 Å². The van der Waals surface area contributed by atoms with Crippen molar-refractivity contribution in [3.8, 4) is 5.75 Å². The van der Waals surface area contributed by atoms with E-state index in [1.165, 1.54) is 13.2 Å². The lowest BCUT2D eigenvalue weighted by atomic mass is 9.98. The molecular weight excluding hydrogens is 217 g/mol. The maximum Gasteiger partial charge on any atom is 0.131 e. The Kier molecular flexibility index (Phi) is 4.94. The molecule has 96 valence electrons. The van der Waals surface area contributed by atoms with E-state index in [1.807, 2.05) is 0 Å². The van der Waals surface area contributed by atoms with Gasteiger partial charge in [-0.2, -0.15) is 0 Å². The molecule has 0 heterocycles. The molecule has 0 unspecified atom stereocenters. The summed E-state index contributed by atoms with van der Waals surface area (Å²) < 4.78 is 18.7. The van der Waals surface area contributed by atoms with Gasteiger partial charge in [-0.15, -0.1) is 0 Å². The number of halogens is 1. The molecule has 0 fully saturated rings. The van der Waals surface area contributed by atoms with Crippen LogP contribution in [0.4, 0.5) is 4.39 Å². The van der Waals surface area contributed by atoms with Gasteiger partial charge >= 0.3 is 0 Å². The molecule has 0 aliphatic carbocycles. The first-order chi connectivity index (χ1) is 7.98. The van der Waals surface area contributed by atoms with Gasteiger partial charge < -0.3 is 10.1 Å². The van der Waals surface area contributed by atoms with Gasteiger partial charge in [-0.05, 0) is 26.3 Å². The van der Waals surface area contributed by atoms with Gasteiger partial charge in [-0.1, -0.05) is 19.4 Å². The average molecular weight is 239 g/mol. The van der Waals surface area contributed by atoms with Crippen LogP contribution in [0.5, 0.6) is 5.75 Å². The molecule has 2 nitrogen and oxygen atoms in total. The molecule has 0 radical (unpaired) electrons. The van der Waals surface area contributed by atoms with Crippen LogP contribution in [0, 0.1) is 5.82 Å². The van der Waals surface area contributed by atoms with E-state index in [4.69, 9.17) is 4.74 Å². The highest BCUT2D eigenvalue weighted by Crippen LogP contribution is 2.18. The Balaban J connectivity index is 2.63. The first-order valence-corrected chi connectivity index (χ1v) is 6.06. The second-order valence-electron chi connectivity index (χ2n) is 4.94. The van der Waals surface area contributed by atoms with Gasteiger partial charge in [0.25, 0.3) is 0 Å². The van der Waals surface area contributed by atoms with E-state index in [1.54, 1.807) is 12.1 Å². The van der Waals surface area contributed by atoms with E-state index in [0.717, 1.165) is 12.8 Å². The second kappa shape index (κ2) is 6.01. The predicted molar refractivity (Wildman–Crippen MR) is 68.8 cm³/mol. The largest absolute Gasteiger partial charge is 0.497 e. The highest BCUT2D eigenvalue weighted by atomic mass is 19.1. The quantitative estimate of drug-likeness (QED) is 0.820. The molecule has 3 heteroatoms. The molecular formula is C14H22FNO. The third kappa shape index (κ3) is 4.35. The lowest BCUT2D eigenvalue weighted by molar-refractivity contribution is 0.353. The Morgan fingerprint density at radius 2 is 2.06 bits per heavy atom. The molecule has 0 saturated carbocycles. The topological polar surface area (TPSA) is 21.3 Å². The number of methoxy groups -OCH3 is 1. The first kappa shape index (κ1) is 14.0. The lowest BCUT2D eigenvalue weighted by Crippen LogP contribution is -2.38. The number of hydrogen-bond acceptors (Lipinski definition) is 2. The number of nitrogens with one attached hydrogen (secondary N) is 1. The van der Waals surface area contributed by atoms with Gasteiger partial charge in [0.2, 0.25) is 0 Å². The lowest BCUT2D eigenvalue weighted by Gasteiger charge is -2.26. The van der Waals surface area contributed by atoms with Crippen molar-refractivity contribution in [3.63, 3.8) is 0 Å². The summed E-state index contributed by atoms with van der Waals surface area (Å²) in [6, 6.07) is 4.97. The molecule has 1 aromatic rings. The monoisotopic (exact) mass is 239 g/mol. The van der Waals surface area contributed by atoms with Crippen molar-refractivity contribution in [2.75, 3.05) is 7.11 Å². The maximum atomic E-state index is 13.7. The van der Waals surface area contributed by atoms with Crippen molar-refractivity contribution in [2.45, 2.75) is 45.7 Å². The summed E-state index contributed by atoms with van der Waals surface area (Å²) in [6.07, 6.45) is 2.19. The zero-order valence-corrected chi connectivity index (χ0v) is 11.1. The second-order valence-corrected chi connectivity index (χ2v) is 4.94. The van der Waals surface area contributed by atoms with Crippen molar-refractivity contribution < 1.29 is 9.13 Å². The fourth-order valence-corrected chi connectivity index (χ4v) is 1.85. The van der Waals surface area contributed by atoms with Gasteiger partial charge in [-0.25, -0.2) is 4.39 Å². The molecule has 0 amide bonds. The van der Waals surface area contributed by atoms with Gasteiger partial charge in [0.1, 0.15) is 11.6 Å². The number of hydrogen-bond donors (Lipinski definition) is 1. The predicted octanol–water partition coefficient (Wildman–Crippen LogP) is 3.50. The average Bonchev–Trinajstić information content (AvgIpc) is 2.27. The summed E-state index contributed by atoms with van der Waals surface area (Å²) in [4.78, 5) is 0. The van der Waals surface area contributed by atoms with Crippen molar-refractivity contribution in [1.82, 2.24) is 5.32 Å². The third-order valence-corrected chi connectivity index (χ3v) is 2.89.